The van der Waals surface area contributed by atoms with Gasteiger partial charge in [0.05, 0.1) is 11.0 Å². The van der Waals surface area contributed by atoms with Crippen molar-refractivity contribution in [2.24, 2.45) is 10.7 Å². The second-order valence-electron chi connectivity index (χ2n) is 5.79. The molecule has 0 atom stereocenters. The second-order valence-corrected chi connectivity index (χ2v) is 5.79. The summed E-state index contributed by atoms with van der Waals surface area (Å²) in [5, 5.41) is 18.6. The number of nitrogens with zero attached hydrogens (tertiary/aromatic N) is 2. The third kappa shape index (κ3) is 3.25. The van der Waals surface area contributed by atoms with Crippen LogP contribution >= 0.6 is 0 Å². The van der Waals surface area contributed by atoms with Gasteiger partial charge in [-0.2, -0.15) is 0 Å². The number of nitrogens with one attached hydrogen (secondary N) is 2. The zero-order valence-electron chi connectivity index (χ0n) is 15.6. The van der Waals surface area contributed by atoms with Gasteiger partial charge in [0.1, 0.15) is 11.1 Å². The van der Waals surface area contributed by atoms with Crippen LogP contribution < -0.4 is 16.7 Å². The molecule has 7 nitrogen and oxygen atoms in total. The summed E-state index contributed by atoms with van der Waals surface area (Å²) in [6.07, 6.45) is 1.70. The number of benzene rings is 2. The molecule has 4 aromatic rings. The van der Waals surface area contributed by atoms with E-state index in [0.29, 0.717) is 32.9 Å². The molecular weight excluding hydrogens is 354 g/mol. The number of phenolic OH excluding ortho intramolecular Hbond substituents is 1. The van der Waals surface area contributed by atoms with Crippen LogP contribution in [-0.4, -0.2) is 20.6 Å². The molecule has 142 valence electrons. The number of phenols is 1. The van der Waals surface area contributed by atoms with E-state index in [2.05, 4.69) is 9.98 Å². The van der Waals surface area contributed by atoms with Crippen LogP contribution in [0.4, 0.5) is 0 Å². The fraction of sp³-hybridized carbons (Fsp3) is 0.0952. The first-order valence-corrected chi connectivity index (χ1v) is 8.89. The summed E-state index contributed by atoms with van der Waals surface area (Å²) in [5.41, 5.74) is 7.06. The molecule has 0 aliphatic heterocycles. The van der Waals surface area contributed by atoms with E-state index in [9.17, 15) is 9.90 Å². The predicted octanol–water partition coefficient (Wildman–Crippen LogP) is 3.00. The first-order valence-electron chi connectivity index (χ1n) is 8.89. The fourth-order valence-electron chi connectivity index (χ4n) is 3.07. The lowest BCUT2D eigenvalue weighted by Gasteiger charge is -2.05. The number of aromatic nitrogens is 2. The van der Waals surface area contributed by atoms with Crippen molar-refractivity contribution in [3.8, 4) is 11.4 Å². The predicted molar refractivity (Wildman–Crippen MR) is 112 cm³/mol. The average Bonchev–Trinajstić information content (AvgIpc) is 3.15. The SMILES string of the molecule is CC.N=C(N)/N=c1/c2ccccc2c(=O)n(-c2ccc(O)cc2)c2cc[nH]c12. The first-order chi connectivity index (χ1) is 13.6. The lowest BCUT2D eigenvalue weighted by Crippen LogP contribution is -2.16. The number of hydrogen-bond acceptors (Lipinski definition) is 3. The second kappa shape index (κ2) is 7.79. The summed E-state index contributed by atoms with van der Waals surface area (Å²) in [6.45, 7) is 4.00. The van der Waals surface area contributed by atoms with Gasteiger partial charge in [0.25, 0.3) is 5.56 Å². The van der Waals surface area contributed by atoms with Crippen LogP contribution in [0.5, 0.6) is 5.75 Å². The van der Waals surface area contributed by atoms with Gasteiger partial charge in [-0.3, -0.25) is 14.8 Å². The number of nitrogens with two attached hydrogens (primary N) is 1. The third-order valence-electron chi connectivity index (χ3n) is 4.16. The maximum Gasteiger partial charge on any atom is 0.263 e. The number of aromatic amines is 1. The molecule has 0 fully saturated rings. The van der Waals surface area contributed by atoms with E-state index < -0.39 is 0 Å². The Labute approximate surface area is 160 Å². The summed E-state index contributed by atoms with van der Waals surface area (Å²) >= 11 is 0. The maximum atomic E-state index is 13.3. The summed E-state index contributed by atoms with van der Waals surface area (Å²) in [4.78, 5) is 20.6. The normalized spacial score (nSPS) is 11.3. The van der Waals surface area contributed by atoms with Gasteiger partial charge in [0, 0.05) is 22.7 Å². The van der Waals surface area contributed by atoms with Gasteiger partial charge in [0.15, 0.2) is 0 Å². The van der Waals surface area contributed by atoms with E-state index in [0.717, 1.165) is 0 Å². The topological polar surface area (TPSA) is 120 Å². The van der Waals surface area contributed by atoms with Crippen LogP contribution in [0.2, 0.25) is 0 Å². The largest absolute Gasteiger partial charge is 0.508 e. The van der Waals surface area contributed by atoms with Crippen LogP contribution in [0.1, 0.15) is 13.8 Å². The monoisotopic (exact) mass is 375 g/mol. The highest BCUT2D eigenvalue weighted by Gasteiger charge is 2.12. The summed E-state index contributed by atoms with van der Waals surface area (Å²) in [5.74, 6) is -0.231. The zero-order valence-corrected chi connectivity index (χ0v) is 15.6. The van der Waals surface area contributed by atoms with Crippen molar-refractivity contribution in [2.75, 3.05) is 0 Å². The maximum absolute atomic E-state index is 13.3. The Morgan fingerprint density at radius 3 is 2.36 bits per heavy atom. The quantitative estimate of drug-likeness (QED) is 0.302. The summed E-state index contributed by atoms with van der Waals surface area (Å²) in [7, 11) is 0. The first kappa shape index (κ1) is 18.9. The van der Waals surface area contributed by atoms with E-state index in [-0.39, 0.29) is 17.3 Å². The van der Waals surface area contributed by atoms with Crippen molar-refractivity contribution < 1.29 is 5.11 Å². The lowest BCUT2D eigenvalue weighted by atomic mass is 10.2. The summed E-state index contributed by atoms with van der Waals surface area (Å²) in [6, 6.07) is 15.2. The number of H-pyrrole nitrogens is 1. The molecule has 4 rings (SSSR count). The smallest absolute Gasteiger partial charge is 0.263 e. The number of aromatic hydroxyl groups is 1. The van der Waals surface area contributed by atoms with Gasteiger partial charge in [-0.15, -0.1) is 0 Å². The van der Waals surface area contributed by atoms with E-state index in [1.807, 2.05) is 13.8 Å². The Hall–Kier alpha value is -3.87. The van der Waals surface area contributed by atoms with Gasteiger partial charge in [0.2, 0.25) is 5.96 Å². The van der Waals surface area contributed by atoms with Gasteiger partial charge in [-0.1, -0.05) is 32.0 Å². The van der Waals surface area contributed by atoms with E-state index >= 15 is 0 Å². The van der Waals surface area contributed by atoms with E-state index in [4.69, 9.17) is 11.1 Å². The number of hydrogen-bond donors (Lipinski definition) is 4. The van der Waals surface area contributed by atoms with Gasteiger partial charge in [-0.25, -0.2) is 4.99 Å². The molecule has 0 saturated carbocycles. The minimum atomic E-state index is -0.346. The third-order valence-corrected chi connectivity index (χ3v) is 4.16. The fourth-order valence-corrected chi connectivity index (χ4v) is 3.07. The average molecular weight is 375 g/mol. The van der Waals surface area contributed by atoms with Crippen molar-refractivity contribution in [1.29, 1.82) is 5.41 Å². The van der Waals surface area contributed by atoms with Crippen molar-refractivity contribution in [2.45, 2.75) is 13.8 Å². The molecule has 0 aliphatic rings. The molecule has 2 heterocycles. The molecule has 0 saturated heterocycles. The number of rotatable bonds is 1. The summed E-state index contributed by atoms with van der Waals surface area (Å²) < 4.78 is 1.55. The van der Waals surface area contributed by atoms with Crippen molar-refractivity contribution in [3.05, 3.63) is 76.5 Å². The van der Waals surface area contributed by atoms with Crippen LogP contribution in [0.15, 0.2) is 70.6 Å². The molecule has 0 amide bonds. The van der Waals surface area contributed by atoms with Crippen molar-refractivity contribution in [1.82, 2.24) is 9.55 Å². The van der Waals surface area contributed by atoms with E-state index in [1.165, 1.54) is 12.1 Å². The Kier molecular flexibility index (Phi) is 5.26. The molecule has 0 spiro atoms. The highest BCUT2D eigenvalue weighted by molar-refractivity contribution is 5.91. The van der Waals surface area contributed by atoms with Crippen molar-refractivity contribution >= 4 is 27.8 Å². The lowest BCUT2D eigenvalue weighted by molar-refractivity contribution is 0.475. The molecular formula is C21H21N5O2. The highest BCUT2D eigenvalue weighted by atomic mass is 16.3. The number of guanidine groups is 1. The highest BCUT2D eigenvalue weighted by Crippen LogP contribution is 2.18. The molecule has 0 unspecified atom stereocenters. The minimum Gasteiger partial charge on any atom is -0.508 e. The zero-order chi connectivity index (χ0) is 20.3. The van der Waals surface area contributed by atoms with Gasteiger partial charge >= 0.3 is 0 Å². The Balaban J connectivity index is 0.00000109. The Morgan fingerprint density at radius 2 is 1.71 bits per heavy atom. The van der Waals surface area contributed by atoms with Gasteiger partial charge < -0.3 is 15.8 Å². The molecule has 5 N–H and O–H groups in total. The molecule has 0 radical (unpaired) electrons. The van der Waals surface area contributed by atoms with Crippen LogP contribution in [0.25, 0.3) is 27.5 Å². The Morgan fingerprint density at radius 1 is 1.07 bits per heavy atom. The number of fused-ring (bicyclic) bond motifs is 2. The van der Waals surface area contributed by atoms with E-state index in [1.54, 1.807) is 53.2 Å². The molecule has 2 aromatic heterocycles. The van der Waals surface area contributed by atoms with Crippen LogP contribution in [0, 0.1) is 5.41 Å². The molecule has 0 bridgehead atoms. The standard InChI is InChI=1S/C19H15N5O2.C2H6/c20-19(21)23-16-13-3-1-2-4-14(13)18(26)24(15-9-10-22-17(15)16)11-5-7-12(25)8-6-11;1-2/h1-10,22,25H,(H3,20,21);1-2H3/b23-16-;. The Bertz CT molecular complexity index is 1280. The van der Waals surface area contributed by atoms with Gasteiger partial charge in [-0.05, 0) is 36.4 Å². The molecule has 0 aliphatic carbocycles. The van der Waals surface area contributed by atoms with Crippen molar-refractivity contribution in [3.63, 3.8) is 0 Å². The minimum absolute atomic E-state index is 0.115. The van der Waals surface area contributed by atoms with Crippen LogP contribution in [-0.2, 0) is 0 Å². The van der Waals surface area contributed by atoms with Crippen LogP contribution in [0.3, 0.4) is 0 Å². The molecule has 28 heavy (non-hydrogen) atoms. The molecule has 7 heteroatoms. The molecule has 2 aromatic carbocycles.